The van der Waals surface area contributed by atoms with Crippen molar-refractivity contribution in [1.29, 1.82) is 0 Å². The molecule has 1 aliphatic heterocycles. The first kappa shape index (κ1) is 10.8. The Morgan fingerprint density at radius 3 is 2.81 bits per heavy atom. The van der Waals surface area contributed by atoms with Crippen molar-refractivity contribution in [3.05, 3.63) is 40.8 Å². The summed E-state index contributed by atoms with van der Waals surface area (Å²) in [4.78, 5) is 5.00. The van der Waals surface area contributed by atoms with Gasteiger partial charge in [-0.2, -0.15) is 0 Å². The van der Waals surface area contributed by atoms with Crippen molar-refractivity contribution in [3.8, 4) is 5.75 Å². The van der Waals surface area contributed by atoms with Gasteiger partial charge in [0.2, 0.25) is 0 Å². The summed E-state index contributed by atoms with van der Waals surface area (Å²) in [6.07, 6.45) is 0. The average Bonchev–Trinajstić information content (AvgIpc) is 2.27. The molecule has 1 heterocycles. The second-order valence-corrected chi connectivity index (χ2v) is 3.78. The fraction of sp³-hybridized carbons (Fsp3) is 0.455. The van der Waals surface area contributed by atoms with Crippen LogP contribution in [0.2, 0.25) is 0 Å². The lowest BCUT2D eigenvalue weighted by Gasteiger charge is -2.36. The van der Waals surface area contributed by atoms with Crippen molar-refractivity contribution in [3.63, 3.8) is 0 Å². The lowest BCUT2D eigenvalue weighted by molar-refractivity contribution is 0.124. The van der Waals surface area contributed by atoms with Crippen molar-refractivity contribution in [1.82, 2.24) is 4.90 Å². The summed E-state index contributed by atoms with van der Waals surface area (Å²) < 4.78 is 5.56. The second kappa shape index (κ2) is 5.39. The number of azide groups is 1. The van der Waals surface area contributed by atoms with Gasteiger partial charge in [-0.05, 0) is 17.7 Å². The van der Waals surface area contributed by atoms with E-state index >= 15 is 0 Å². The van der Waals surface area contributed by atoms with E-state index in [2.05, 4.69) is 14.9 Å². The Bertz CT molecular complexity index is 369. The second-order valence-electron chi connectivity index (χ2n) is 3.78. The molecule has 0 unspecified atom stereocenters. The Morgan fingerprint density at radius 1 is 1.38 bits per heavy atom. The van der Waals surface area contributed by atoms with Crippen molar-refractivity contribution < 1.29 is 4.74 Å². The first-order chi connectivity index (χ1) is 7.88. The third-order valence-electron chi connectivity index (χ3n) is 2.57. The van der Waals surface area contributed by atoms with E-state index in [1.165, 1.54) is 0 Å². The summed E-state index contributed by atoms with van der Waals surface area (Å²) in [6, 6.07) is 9.92. The molecule has 1 aromatic carbocycles. The van der Waals surface area contributed by atoms with E-state index in [-0.39, 0.29) is 6.04 Å². The van der Waals surface area contributed by atoms with Gasteiger partial charge in [0.25, 0.3) is 0 Å². The number of hydrogen-bond donors (Lipinski definition) is 0. The molecule has 84 valence electrons. The minimum atomic E-state index is 0.154. The van der Waals surface area contributed by atoms with Gasteiger partial charge < -0.3 is 4.74 Å². The van der Waals surface area contributed by atoms with Crippen molar-refractivity contribution >= 4 is 0 Å². The first-order valence-corrected chi connectivity index (χ1v) is 5.33. The Hall–Kier alpha value is -1.71. The smallest absolute Gasteiger partial charge is 0.119 e. The van der Waals surface area contributed by atoms with Gasteiger partial charge in [0.1, 0.15) is 12.4 Å². The number of nitrogens with zero attached hydrogens (tertiary/aromatic N) is 4. The Balaban J connectivity index is 1.62. The van der Waals surface area contributed by atoms with Crippen molar-refractivity contribution in [2.45, 2.75) is 6.04 Å². The fourth-order valence-corrected chi connectivity index (χ4v) is 1.68. The first-order valence-electron chi connectivity index (χ1n) is 5.33. The minimum absolute atomic E-state index is 0.154. The molecule has 0 amide bonds. The van der Waals surface area contributed by atoms with Crippen LogP contribution in [-0.2, 0) is 0 Å². The SMILES string of the molecule is [N-]=[N+]=NC1CN(CCOc2ccccc2)C1. The molecule has 5 nitrogen and oxygen atoms in total. The number of para-hydroxylation sites is 1. The molecule has 0 aliphatic carbocycles. The van der Waals surface area contributed by atoms with E-state index in [4.69, 9.17) is 10.3 Å². The largest absolute Gasteiger partial charge is 0.492 e. The normalized spacial score (nSPS) is 16.2. The average molecular weight is 218 g/mol. The summed E-state index contributed by atoms with van der Waals surface area (Å²) >= 11 is 0. The van der Waals surface area contributed by atoms with Crippen LogP contribution in [0.1, 0.15) is 0 Å². The van der Waals surface area contributed by atoms with E-state index < -0.39 is 0 Å². The summed E-state index contributed by atoms with van der Waals surface area (Å²) in [5, 5.41) is 3.64. The molecule has 1 fully saturated rings. The number of benzene rings is 1. The molecule has 0 bridgehead atoms. The van der Waals surface area contributed by atoms with Gasteiger partial charge >= 0.3 is 0 Å². The summed E-state index contributed by atoms with van der Waals surface area (Å²) in [5.41, 5.74) is 8.23. The molecule has 1 aromatic rings. The zero-order valence-corrected chi connectivity index (χ0v) is 8.99. The van der Waals surface area contributed by atoms with E-state index in [9.17, 15) is 0 Å². The summed E-state index contributed by atoms with van der Waals surface area (Å²) in [7, 11) is 0. The number of rotatable bonds is 5. The van der Waals surface area contributed by atoms with Gasteiger partial charge in [0.05, 0.1) is 6.04 Å². The van der Waals surface area contributed by atoms with E-state index in [0.717, 1.165) is 25.4 Å². The highest BCUT2D eigenvalue weighted by atomic mass is 16.5. The Kier molecular flexibility index (Phi) is 3.64. The van der Waals surface area contributed by atoms with Gasteiger partial charge in [-0.15, -0.1) is 0 Å². The van der Waals surface area contributed by atoms with Crippen LogP contribution in [0.5, 0.6) is 5.75 Å². The number of ether oxygens (including phenoxy) is 1. The van der Waals surface area contributed by atoms with Crippen LogP contribution < -0.4 is 4.74 Å². The molecule has 0 aromatic heterocycles. The number of hydrogen-bond acceptors (Lipinski definition) is 3. The highest BCUT2D eigenvalue weighted by molar-refractivity contribution is 5.20. The van der Waals surface area contributed by atoms with Crippen LogP contribution in [0.3, 0.4) is 0 Å². The molecule has 0 N–H and O–H groups in total. The highest BCUT2D eigenvalue weighted by Gasteiger charge is 2.24. The standard InChI is InChI=1S/C11H14N4O/c12-14-13-10-8-15(9-10)6-7-16-11-4-2-1-3-5-11/h1-5,10H,6-9H2. The third kappa shape index (κ3) is 2.89. The molecule has 0 radical (unpaired) electrons. The molecule has 0 atom stereocenters. The van der Waals surface area contributed by atoms with Gasteiger partial charge in [-0.25, -0.2) is 0 Å². The van der Waals surface area contributed by atoms with Crippen LogP contribution in [-0.4, -0.2) is 37.2 Å². The van der Waals surface area contributed by atoms with Crippen LogP contribution in [0.25, 0.3) is 10.4 Å². The van der Waals surface area contributed by atoms with Gasteiger partial charge in [-0.3, -0.25) is 4.90 Å². The van der Waals surface area contributed by atoms with E-state index in [0.29, 0.717) is 6.61 Å². The maximum atomic E-state index is 8.23. The number of likely N-dealkylation sites (tertiary alicyclic amines) is 1. The van der Waals surface area contributed by atoms with E-state index in [1.54, 1.807) is 0 Å². The Labute approximate surface area is 94.3 Å². The van der Waals surface area contributed by atoms with Crippen LogP contribution in [0, 0.1) is 0 Å². The third-order valence-corrected chi connectivity index (χ3v) is 2.57. The van der Waals surface area contributed by atoms with Gasteiger partial charge in [-0.1, -0.05) is 23.3 Å². The van der Waals surface area contributed by atoms with Gasteiger partial charge in [0.15, 0.2) is 0 Å². The molecule has 0 spiro atoms. The van der Waals surface area contributed by atoms with Crippen molar-refractivity contribution in [2.24, 2.45) is 5.11 Å². The van der Waals surface area contributed by atoms with Crippen molar-refractivity contribution in [2.75, 3.05) is 26.2 Å². The van der Waals surface area contributed by atoms with Gasteiger partial charge in [0, 0.05) is 24.5 Å². The molecule has 5 heteroatoms. The lowest BCUT2D eigenvalue weighted by Crippen LogP contribution is -2.50. The summed E-state index contributed by atoms with van der Waals surface area (Å²) in [5.74, 6) is 0.898. The molecule has 1 saturated heterocycles. The lowest BCUT2D eigenvalue weighted by atomic mass is 10.1. The minimum Gasteiger partial charge on any atom is -0.492 e. The zero-order valence-electron chi connectivity index (χ0n) is 8.99. The van der Waals surface area contributed by atoms with Crippen LogP contribution in [0.4, 0.5) is 0 Å². The highest BCUT2D eigenvalue weighted by Crippen LogP contribution is 2.12. The molecule has 1 aliphatic rings. The maximum Gasteiger partial charge on any atom is 0.119 e. The molecular formula is C11H14N4O. The zero-order chi connectivity index (χ0) is 11.2. The van der Waals surface area contributed by atoms with Crippen LogP contribution in [0.15, 0.2) is 35.4 Å². The topological polar surface area (TPSA) is 61.2 Å². The monoisotopic (exact) mass is 218 g/mol. The summed E-state index contributed by atoms with van der Waals surface area (Å²) in [6.45, 7) is 3.25. The quantitative estimate of drug-likeness (QED) is 0.431. The molecular weight excluding hydrogens is 204 g/mol. The maximum absolute atomic E-state index is 8.23. The predicted octanol–water partition coefficient (Wildman–Crippen LogP) is 2.06. The molecule has 16 heavy (non-hydrogen) atoms. The Morgan fingerprint density at radius 2 is 2.12 bits per heavy atom. The predicted molar refractivity (Wildman–Crippen MR) is 61.3 cm³/mol. The van der Waals surface area contributed by atoms with E-state index in [1.807, 2.05) is 30.3 Å². The fourth-order valence-electron chi connectivity index (χ4n) is 1.68. The molecule has 0 saturated carbocycles. The molecule has 2 rings (SSSR count). The van der Waals surface area contributed by atoms with Crippen LogP contribution >= 0.6 is 0 Å².